The number of nitrogens with zero attached hydrogens (tertiary/aromatic N) is 1. The Labute approximate surface area is 232 Å². The lowest BCUT2D eigenvalue weighted by Gasteiger charge is -2.50. The largest absolute Gasteiger partial charge is 0.462 e. The molecule has 0 bridgehead atoms. The van der Waals surface area contributed by atoms with E-state index >= 15 is 0 Å². The third-order valence-corrected chi connectivity index (χ3v) is 11.7. The highest BCUT2D eigenvalue weighted by molar-refractivity contribution is 5.77. The van der Waals surface area contributed by atoms with Crippen LogP contribution in [0.1, 0.15) is 85.0 Å². The normalized spacial score (nSPS) is 45.1. The van der Waals surface area contributed by atoms with E-state index in [0.29, 0.717) is 11.8 Å². The van der Waals surface area contributed by atoms with Crippen molar-refractivity contribution in [1.82, 2.24) is 5.06 Å². The molecule has 0 amide bonds. The highest BCUT2D eigenvalue weighted by Gasteiger charge is 2.58. The van der Waals surface area contributed by atoms with Crippen molar-refractivity contribution in [3.05, 3.63) is 24.3 Å². The van der Waals surface area contributed by atoms with Gasteiger partial charge >= 0.3 is 17.9 Å². The second-order valence-electron chi connectivity index (χ2n) is 14.2. The minimum absolute atomic E-state index is 0.0627. The first-order chi connectivity index (χ1) is 18.5. The van der Waals surface area contributed by atoms with Crippen LogP contribution in [0.2, 0.25) is 0 Å². The SMILES string of the molecule is C=C1CCC[C@]2(C)C[C@@H]3OC(=O)[C@H](CN(C[C@@H]4C(=O)O[C@@H]5C[C@]6(C)CCCC(=C)[C@@H]6C[C@H]45)OC(C)=O)[C@H]3C[C@H]12. The second-order valence-corrected chi connectivity index (χ2v) is 14.2. The third kappa shape index (κ3) is 4.66. The molecule has 6 rings (SSSR count). The van der Waals surface area contributed by atoms with Crippen molar-refractivity contribution >= 4 is 17.9 Å². The van der Waals surface area contributed by atoms with Gasteiger partial charge in [0.2, 0.25) is 0 Å². The third-order valence-electron chi connectivity index (χ3n) is 11.7. The van der Waals surface area contributed by atoms with E-state index in [-0.39, 0.29) is 59.9 Å². The number of rotatable bonds is 5. The molecular formula is C32H45NO6. The number of esters is 2. The van der Waals surface area contributed by atoms with Crippen LogP contribution in [0.5, 0.6) is 0 Å². The van der Waals surface area contributed by atoms with E-state index in [1.807, 2.05) is 0 Å². The maximum Gasteiger partial charge on any atom is 0.322 e. The van der Waals surface area contributed by atoms with Crippen molar-refractivity contribution in [2.75, 3.05) is 13.1 Å². The van der Waals surface area contributed by atoms with E-state index < -0.39 is 17.8 Å². The average Bonchev–Trinajstić information content (AvgIpc) is 3.30. The summed E-state index contributed by atoms with van der Waals surface area (Å²) < 4.78 is 11.9. The number of hydrogen-bond donors (Lipinski definition) is 0. The molecule has 0 unspecified atom stereocenters. The zero-order chi connectivity index (χ0) is 27.7. The molecule has 0 spiro atoms. The summed E-state index contributed by atoms with van der Waals surface area (Å²) in [7, 11) is 0. The molecule has 6 fully saturated rings. The fourth-order valence-corrected chi connectivity index (χ4v) is 9.70. The smallest absolute Gasteiger partial charge is 0.322 e. The van der Waals surface area contributed by atoms with E-state index in [1.165, 1.54) is 18.1 Å². The molecule has 6 aliphatic rings. The Bertz CT molecular complexity index is 1010. The Morgan fingerprint density at radius 3 is 1.72 bits per heavy atom. The van der Waals surface area contributed by atoms with Crippen LogP contribution >= 0.6 is 0 Å². The summed E-state index contributed by atoms with van der Waals surface area (Å²) in [4.78, 5) is 44.2. The summed E-state index contributed by atoms with van der Waals surface area (Å²) in [6, 6.07) is 0. The molecule has 0 radical (unpaired) electrons. The zero-order valence-corrected chi connectivity index (χ0v) is 23.9. The summed E-state index contributed by atoms with van der Waals surface area (Å²) >= 11 is 0. The first-order valence-corrected chi connectivity index (χ1v) is 15.2. The Morgan fingerprint density at radius 2 is 1.31 bits per heavy atom. The van der Waals surface area contributed by atoms with Crippen LogP contribution < -0.4 is 0 Å². The number of hydrogen-bond acceptors (Lipinski definition) is 7. The summed E-state index contributed by atoms with van der Waals surface area (Å²) in [6.45, 7) is 15.3. The van der Waals surface area contributed by atoms with Crippen molar-refractivity contribution in [1.29, 1.82) is 0 Å². The molecule has 10 atom stereocenters. The fourth-order valence-electron chi connectivity index (χ4n) is 9.70. The molecule has 7 nitrogen and oxygen atoms in total. The lowest BCUT2D eigenvalue weighted by Crippen LogP contribution is -2.47. The molecule has 214 valence electrons. The Balaban J connectivity index is 1.19. The van der Waals surface area contributed by atoms with Crippen LogP contribution in [-0.2, 0) is 28.7 Å². The molecule has 4 saturated carbocycles. The zero-order valence-electron chi connectivity index (χ0n) is 23.9. The van der Waals surface area contributed by atoms with Crippen molar-refractivity contribution < 1.29 is 28.7 Å². The molecule has 2 heterocycles. The minimum atomic E-state index is -0.449. The molecule has 2 saturated heterocycles. The van der Waals surface area contributed by atoms with Crippen LogP contribution in [0.3, 0.4) is 0 Å². The van der Waals surface area contributed by atoms with Gasteiger partial charge in [0.25, 0.3) is 0 Å². The standard InChI is InChI=1S/C32H45NO6/c1-18-8-6-10-31(4)14-27-21(12-25(18)31)23(29(35)37-27)16-33(39-20(3)34)17-24-22-13-26-19(2)9-7-11-32(26,5)15-28(22)38-30(24)36/h21-28H,1-2,6-17H2,3-5H3/t21-,22-,23-,24+,25-,26+,27+,28-,31-,32+/m1/s1. The van der Waals surface area contributed by atoms with E-state index in [2.05, 4.69) is 27.0 Å². The van der Waals surface area contributed by atoms with Gasteiger partial charge in [-0.3, -0.25) is 14.4 Å². The summed E-state index contributed by atoms with van der Waals surface area (Å²) in [6.07, 6.45) is 9.94. The second kappa shape index (κ2) is 9.74. The van der Waals surface area contributed by atoms with Crippen molar-refractivity contribution in [2.24, 2.45) is 46.3 Å². The van der Waals surface area contributed by atoms with Crippen LogP contribution in [0.25, 0.3) is 0 Å². The van der Waals surface area contributed by atoms with Gasteiger partial charge in [-0.2, -0.15) is 0 Å². The van der Waals surface area contributed by atoms with Crippen LogP contribution in [0, 0.1) is 46.3 Å². The fraction of sp³-hybridized carbons (Fsp3) is 0.781. The van der Waals surface area contributed by atoms with E-state index in [4.69, 9.17) is 14.3 Å². The topological polar surface area (TPSA) is 82.1 Å². The molecule has 0 aromatic carbocycles. The molecular weight excluding hydrogens is 494 g/mol. The summed E-state index contributed by atoms with van der Waals surface area (Å²) in [5.41, 5.74) is 2.85. The Morgan fingerprint density at radius 1 is 0.872 bits per heavy atom. The first-order valence-electron chi connectivity index (χ1n) is 15.2. The predicted molar refractivity (Wildman–Crippen MR) is 145 cm³/mol. The molecule has 0 aromatic rings. The van der Waals surface area contributed by atoms with Crippen LogP contribution in [-0.4, -0.2) is 48.3 Å². The molecule has 0 N–H and O–H groups in total. The number of carbonyl (C=O) groups excluding carboxylic acids is 3. The summed E-state index contributed by atoms with van der Waals surface area (Å²) in [5.74, 6) is -0.767. The highest BCUT2D eigenvalue weighted by Crippen LogP contribution is 2.58. The summed E-state index contributed by atoms with van der Waals surface area (Å²) in [5, 5.41) is 1.57. The Kier molecular flexibility index (Phi) is 6.76. The van der Waals surface area contributed by atoms with Crippen molar-refractivity contribution in [2.45, 2.75) is 97.2 Å². The lowest BCUT2D eigenvalue weighted by molar-refractivity contribution is -0.197. The monoisotopic (exact) mass is 539 g/mol. The maximum atomic E-state index is 13.2. The predicted octanol–water partition coefficient (Wildman–Crippen LogP) is 5.39. The van der Waals surface area contributed by atoms with E-state index in [9.17, 15) is 14.4 Å². The minimum Gasteiger partial charge on any atom is -0.462 e. The average molecular weight is 540 g/mol. The van der Waals surface area contributed by atoms with Gasteiger partial charge in [0.1, 0.15) is 12.2 Å². The molecule has 0 aromatic heterocycles. The number of fused-ring (bicyclic) bond motifs is 4. The van der Waals surface area contributed by atoms with E-state index in [1.54, 1.807) is 5.06 Å². The van der Waals surface area contributed by atoms with Gasteiger partial charge in [0, 0.05) is 31.8 Å². The molecule has 2 aliphatic heterocycles. The quantitative estimate of drug-likeness (QED) is 0.263. The van der Waals surface area contributed by atoms with E-state index in [0.717, 1.165) is 64.2 Å². The molecule has 7 heteroatoms. The number of ether oxygens (including phenoxy) is 2. The number of carbonyl (C=O) groups is 3. The van der Waals surface area contributed by atoms with Gasteiger partial charge in [-0.05, 0) is 86.9 Å². The van der Waals surface area contributed by atoms with Crippen LogP contribution in [0.4, 0.5) is 0 Å². The lowest BCUT2D eigenvalue weighted by atomic mass is 9.55. The van der Waals surface area contributed by atoms with Gasteiger partial charge in [0.05, 0.1) is 11.8 Å². The van der Waals surface area contributed by atoms with Gasteiger partial charge in [-0.1, -0.05) is 38.2 Å². The van der Waals surface area contributed by atoms with Crippen LogP contribution in [0.15, 0.2) is 24.3 Å². The number of hydroxylamine groups is 2. The van der Waals surface area contributed by atoms with Crippen molar-refractivity contribution in [3.8, 4) is 0 Å². The van der Waals surface area contributed by atoms with Gasteiger partial charge in [-0.15, -0.1) is 5.06 Å². The van der Waals surface area contributed by atoms with Crippen molar-refractivity contribution in [3.63, 3.8) is 0 Å². The molecule has 39 heavy (non-hydrogen) atoms. The van der Waals surface area contributed by atoms with Gasteiger partial charge in [0.15, 0.2) is 0 Å². The maximum absolute atomic E-state index is 13.2. The first kappa shape index (κ1) is 27.0. The van der Waals surface area contributed by atoms with Gasteiger partial charge < -0.3 is 14.3 Å². The number of allylic oxidation sites excluding steroid dienone is 2. The van der Waals surface area contributed by atoms with Gasteiger partial charge in [-0.25, -0.2) is 0 Å². The molecule has 4 aliphatic carbocycles. The Hall–Kier alpha value is -2.15. The highest BCUT2D eigenvalue weighted by atomic mass is 16.7.